The monoisotopic (exact) mass is 486 g/mol. The fourth-order valence-corrected chi connectivity index (χ4v) is 4.70. The Balaban J connectivity index is 1.37. The maximum atomic E-state index is 12.4. The van der Waals surface area contributed by atoms with Crippen LogP contribution in [-0.2, 0) is 17.8 Å². The minimum absolute atomic E-state index is 0.0406. The lowest BCUT2D eigenvalue weighted by atomic mass is 9.97. The Morgan fingerprint density at radius 2 is 1.97 bits per heavy atom. The molecule has 0 saturated heterocycles. The first-order chi connectivity index (χ1) is 17.1. The molecule has 4 aromatic rings. The number of benzene rings is 3. The molecule has 0 fully saturated rings. The van der Waals surface area contributed by atoms with Gasteiger partial charge in [-0.05, 0) is 53.8 Å². The van der Waals surface area contributed by atoms with E-state index in [0.29, 0.717) is 36.8 Å². The lowest BCUT2D eigenvalue weighted by molar-refractivity contribution is -0.132. The van der Waals surface area contributed by atoms with Gasteiger partial charge in [-0.1, -0.05) is 54.1 Å². The lowest BCUT2D eigenvalue weighted by Crippen LogP contribution is -2.36. The molecule has 3 N–H and O–H groups in total. The van der Waals surface area contributed by atoms with E-state index in [2.05, 4.69) is 27.4 Å². The maximum absolute atomic E-state index is 12.4. The van der Waals surface area contributed by atoms with Crippen LogP contribution in [0.4, 0.5) is 11.4 Å². The highest BCUT2D eigenvalue weighted by Gasteiger charge is 2.22. The Kier molecular flexibility index (Phi) is 6.84. The summed E-state index contributed by atoms with van der Waals surface area (Å²) in [6.07, 6.45) is 3.49. The van der Waals surface area contributed by atoms with Crippen LogP contribution in [0.2, 0.25) is 5.02 Å². The van der Waals surface area contributed by atoms with E-state index in [9.17, 15) is 4.79 Å². The molecule has 7 heteroatoms. The van der Waals surface area contributed by atoms with Gasteiger partial charge in [0.05, 0.1) is 16.9 Å². The van der Waals surface area contributed by atoms with E-state index in [1.165, 1.54) is 5.56 Å². The van der Waals surface area contributed by atoms with Crippen molar-refractivity contribution in [2.24, 2.45) is 0 Å². The summed E-state index contributed by atoms with van der Waals surface area (Å²) in [5, 5.41) is 13.2. The Labute approximate surface area is 209 Å². The minimum Gasteiger partial charge on any atom is -0.396 e. The highest BCUT2D eigenvalue weighted by molar-refractivity contribution is 6.33. The zero-order chi connectivity index (χ0) is 24.2. The van der Waals surface area contributed by atoms with Gasteiger partial charge in [-0.15, -0.1) is 0 Å². The number of fused-ring (bicyclic) bond motifs is 1. The van der Waals surface area contributed by atoms with E-state index < -0.39 is 0 Å². The fraction of sp³-hybridized carbons (Fsp3) is 0.214. The Hall–Kier alpha value is -3.61. The van der Waals surface area contributed by atoms with Crippen molar-refractivity contribution in [3.05, 3.63) is 89.1 Å². The number of carbonyl (C=O) groups is 1. The number of rotatable bonds is 7. The number of imidazole rings is 1. The van der Waals surface area contributed by atoms with E-state index in [1.807, 2.05) is 65.7 Å². The Bertz CT molecular complexity index is 1340. The molecule has 1 aliphatic rings. The van der Waals surface area contributed by atoms with Gasteiger partial charge in [0, 0.05) is 43.1 Å². The van der Waals surface area contributed by atoms with Gasteiger partial charge in [0.2, 0.25) is 5.91 Å². The van der Waals surface area contributed by atoms with Crippen LogP contribution in [0.3, 0.4) is 0 Å². The van der Waals surface area contributed by atoms with Crippen LogP contribution in [0.25, 0.3) is 22.6 Å². The van der Waals surface area contributed by atoms with Gasteiger partial charge in [-0.25, -0.2) is 4.98 Å². The van der Waals surface area contributed by atoms with Crippen molar-refractivity contribution >= 4 is 28.9 Å². The van der Waals surface area contributed by atoms with Crippen LogP contribution < -0.4 is 5.32 Å². The van der Waals surface area contributed by atoms with Crippen molar-refractivity contribution in [1.29, 1.82) is 0 Å². The van der Waals surface area contributed by atoms with Gasteiger partial charge in [0.15, 0.2) is 0 Å². The maximum Gasteiger partial charge on any atom is 0.222 e. The summed E-state index contributed by atoms with van der Waals surface area (Å²) in [7, 11) is 0. The van der Waals surface area contributed by atoms with Crippen LogP contribution >= 0.6 is 11.6 Å². The number of carbonyl (C=O) groups excluding carboxylic acids is 1. The number of aromatic amines is 1. The molecule has 1 aliphatic heterocycles. The number of aliphatic hydroxyl groups is 1. The first-order valence-electron chi connectivity index (χ1n) is 11.8. The summed E-state index contributed by atoms with van der Waals surface area (Å²) in [4.78, 5) is 22.2. The van der Waals surface area contributed by atoms with Gasteiger partial charge in [-0.2, -0.15) is 0 Å². The molecule has 0 saturated carbocycles. The Morgan fingerprint density at radius 1 is 1.11 bits per heavy atom. The zero-order valence-corrected chi connectivity index (χ0v) is 20.1. The van der Waals surface area contributed by atoms with Crippen LogP contribution in [0, 0.1) is 0 Å². The summed E-state index contributed by atoms with van der Waals surface area (Å²) in [5.74, 6) is 0.809. The SMILES string of the molecule is O=C(CCCO)N1CCc2c(cccc2Nc2ccc(Cl)c(-c3ncc(-c4ccccc4)[nH]3)c2)C1. The van der Waals surface area contributed by atoms with Crippen LogP contribution in [0.15, 0.2) is 72.9 Å². The highest BCUT2D eigenvalue weighted by Crippen LogP contribution is 2.33. The van der Waals surface area contributed by atoms with Gasteiger partial charge in [0.25, 0.3) is 0 Å². The third-order valence-electron chi connectivity index (χ3n) is 6.33. The summed E-state index contributed by atoms with van der Waals surface area (Å²) in [5.41, 5.74) is 7.14. The number of aromatic nitrogens is 2. The summed E-state index contributed by atoms with van der Waals surface area (Å²) in [6, 6.07) is 22.1. The van der Waals surface area contributed by atoms with E-state index in [0.717, 1.165) is 40.2 Å². The molecule has 6 nitrogen and oxygen atoms in total. The number of nitrogens with one attached hydrogen (secondary N) is 2. The van der Waals surface area contributed by atoms with Crippen LogP contribution in [0.1, 0.15) is 24.0 Å². The van der Waals surface area contributed by atoms with Gasteiger partial charge >= 0.3 is 0 Å². The number of aliphatic hydroxyl groups excluding tert-OH is 1. The van der Waals surface area contributed by atoms with E-state index in [4.69, 9.17) is 16.7 Å². The average Bonchev–Trinajstić information content (AvgIpc) is 3.39. The van der Waals surface area contributed by atoms with Crippen LogP contribution in [-0.4, -0.2) is 39.0 Å². The van der Waals surface area contributed by atoms with E-state index >= 15 is 0 Å². The smallest absolute Gasteiger partial charge is 0.222 e. The predicted molar refractivity (Wildman–Crippen MR) is 140 cm³/mol. The third kappa shape index (κ3) is 5.09. The Morgan fingerprint density at radius 3 is 2.80 bits per heavy atom. The molecule has 5 rings (SSSR count). The van der Waals surface area contributed by atoms with Gasteiger partial charge < -0.3 is 20.3 Å². The van der Waals surface area contributed by atoms with Crippen molar-refractivity contribution in [3.8, 4) is 22.6 Å². The van der Waals surface area contributed by atoms with Crippen molar-refractivity contribution in [1.82, 2.24) is 14.9 Å². The second-order valence-corrected chi connectivity index (χ2v) is 9.07. The molecule has 1 aromatic heterocycles. The number of halogens is 1. The summed E-state index contributed by atoms with van der Waals surface area (Å²) < 4.78 is 0. The highest BCUT2D eigenvalue weighted by atomic mass is 35.5. The molecule has 0 bridgehead atoms. The number of hydrogen-bond donors (Lipinski definition) is 3. The molecule has 3 aromatic carbocycles. The number of H-pyrrole nitrogens is 1. The van der Waals surface area contributed by atoms with Gasteiger partial charge in [-0.3, -0.25) is 4.79 Å². The summed E-state index contributed by atoms with van der Waals surface area (Å²) >= 11 is 6.55. The molecule has 0 unspecified atom stereocenters. The molecule has 0 aliphatic carbocycles. The molecule has 1 amide bonds. The van der Waals surface area contributed by atoms with Crippen LogP contribution in [0.5, 0.6) is 0 Å². The normalized spacial score (nSPS) is 12.9. The summed E-state index contributed by atoms with van der Waals surface area (Å²) in [6.45, 7) is 1.31. The molecule has 0 spiro atoms. The largest absolute Gasteiger partial charge is 0.396 e. The first kappa shape index (κ1) is 23.1. The number of anilines is 2. The topological polar surface area (TPSA) is 81.2 Å². The van der Waals surface area contributed by atoms with Crippen molar-refractivity contribution in [2.45, 2.75) is 25.8 Å². The minimum atomic E-state index is 0.0406. The molecular formula is C28H27ClN4O2. The zero-order valence-electron chi connectivity index (χ0n) is 19.3. The molecule has 0 radical (unpaired) electrons. The van der Waals surface area contributed by atoms with Crippen molar-refractivity contribution < 1.29 is 9.90 Å². The van der Waals surface area contributed by atoms with E-state index in [1.54, 1.807) is 0 Å². The fourth-order valence-electron chi connectivity index (χ4n) is 4.49. The lowest BCUT2D eigenvalue weighted by Gasteiger charge is -2.30. The first-order valence-corrected chi connectivity index (χ1v) is 12.2. The van der Waals surface area contributed by atoms with Gasteiger partial charge in [0.1, 0.15) is 5.82 Å². The molecular weight excluding hydrogens is 460 g/mol. The number of nitrogens with zero attached hydrogens (tertiary/aromatic N) is 2. The average molecular weight is 487 g/mol. The third-order valence-corrected chi connectivity index (χ3v) is 6.66. The van der Waals surface area contributed by atoms with E-state index in [-0.39, 0.29) is 12.5 Å². The molecule has 35 heavy (non-hydrogen) atoms. The molecule has 0 atom stereocenters. The molecule has 2 heterocycles. The predicted octanol–water partition coefficient (Wildman–Crippen LogP) is 5.80. The molecule has 178 valence electrons. The number of amides is 1. The van der Waals surface area contributed by atoms with Crippen molar-refractivity contribution in [3.63, 3.8) is 0 Å². The van der Waals surface area contributed by atoms with Crippen molar-refractivity contribution in [2.75, 3.05) is 18.5 Å². The second kappa shape index (κ2) is 10.3. The second-order valence-electron chi connectivity index (χ2n) is 8.67. The standard InChI is InChI=1S/C28H27ClN4O2/c29-24-12-11-21(16-23(24)28-30-17-26(32-28)19-6-2-1-3-7-19)31-25-9-4-8-20-18-33(14-13-22(20)25)27(35)10-5-15-34/h1-4,6-9,11-12,16-17,31,34H,5,10,13-15,18H2,(H,30,32). The quantitative estimate of drug-likeness (QED) is 0.308. The number of hydrogen-bond acceptors (Lipinski definition) is 4.